The Morgan fingerprint density at radius 3 is 2.85 bits per heavy atom. The molecule has 2 N–H and O–H groups in total. The van der Waals surface area contributed by atoms with Crippen LogP contribution in [-0.2, 0) is 4.79 Å². The number of rotatable bonds is 4. The second kappa shape index (κ2) is 4.96. The van der Waals surface area contributed by atoms with E-state index in [-0.39, 0.29) is 5.92 Å². The molecule has 3 rings (SSSR count). The van der Waals surface area contributed by atoms with Crippen molar-refractivity contribution >= 4 is 11.7 Å². The van der Waals surface area contributed by atoms with E-state index in [0.717, 1.165) is 18.5 Å². The fourth-order valence-electron chi connectivity index (χ4n) is 2.96. The lowest BCUT2D eigenvalue weighted by Crippen LogP contribution is -2.48. The van der Waals surface area contributed by atoms with Gasteiger partial charge in [0.1, 0.15) is 5.54 Å². The Morgan fingerprint density at radius 1 is 1.40 bits per heavy atom. The summed E-state index contributed by atoms with van der Waals surface area (Å²) in [4.78, 5) is 11.9. The first-order valence-corrected chi connectivity index (χ1v) is 6.56. The van der Waals surface area contributed by atoms with Crippen molar-refractivity contribution in [2.45, 2.75) is 30.7 Å². The number of carbonyl (C=O) groups is 1. The minimum absolute atomic E-state index is 0.268. The number of carboxylic acids is 1. The molecule has 1 fully saturated rings. The van der Waals surface area contributed by atoms with Gasteiger partial charge in [0.25, 0.3) is 0 Å². The van der Waals surface area contributed by atoms with E-state index in [9.17, 15) is 9.90 Å². The van der Waals surface area contributed by atoms with Crippen LogP contribution in [0.2, 0.25) is 0 Å². The molecule has 104 valence electrons. The topological polar surface area (TPSA) is 88.2 Å². The van der Waals surface area contributed by atoms with Crippen LogP contribution >= 0.6 is 0 Å². The highest BCUT2D eigenvalue weighted by molar-refractivity contribution is 5.84. The van der Waals surface area contributed by atoms with Gasteiger partial charge in [-0.15, -0.1) is 5.10 Å². The lowest BCUT2D eigenvalue weighted by atomic mass is 9.85. The van der Waals surface area contributed by atoms with Crippen molar-refractivity contribution in [3.63, 3.8) is 0 Å². The molecule has 2 unspecified atom stereocenters. The van der Waals surface area contributed by atoms with Crippen molar-refractivity contribution in [1.29, 1.82) is 0 Å². The molecule has 6 nitrogen and oxygen atoms in total. The molecule has 0 bridgehead atoms. The number of hydrogen-bond donors (Lipinski definition) is 2. The number of para-hydroxylation sites is 1. The average Bonchev–Trinajstić information content (AvgIpc) is 3.08. The van der Waals surface area contributed by atoms with Gasteiger partial charge in [-0.25, -0.2) is 4.79 Å². The molecule has 1 aromatic heterocycles. The Balaban J connectivity index is 1.97. The van der Waals surface area contributed by atoms with Gasteiger partial charge in [0.2, 0.25) is 0 Å². The number of aliphatic carboxylic acids is 1. The van der Waals surface area contributed by atoms with Gasteiger partial charge in [-0.3, -0.25) is 0 Å². The number of carboxylic acid groups (broad SMARTS) is 1. The summed E-state index contributed by atoms with van der Waals surface area (Å²) >= 11 is 0. The molecule has 20 heavy (non-hydrogen) atoms. The lowest BCUT2D eigenvalue weighted by Gasteiger charge is -2.31. The van der Waals surface area contributed by atoms with E-state index in [1.807, 2.05) is 30.3 Å². The fourth-order valence-corrected chi connectivity index (χ4v) is 2.96. The molecule has 0 saturated heterocycles. The summed E-state index contributed by atoms with van der Waals surface area (Å²) in [6.45, 7) is 0. The van der Waals surface area contributed by atoms with Gasteiger partial charge in [0.15, 0.2) is 5.76 Å². The van der Waals surface area contributed by atoms with Gasteiger partial charge in [0.05, 0.1) is 12.1 Å². The molecule has 0 aliphatic heterocycles. The summed E-state index contributed by atoms with van der Waals surface area (Å²) in [5.41, 5.74) is -0.281. The Bertz CT molecular complexity index is 585. The molecule has 1 aromatic carbocycles. The highest BCUT2D eigenvalue weighted by Crippen LogP contribution is 2.44. The number of hydrogen-bond acceptors (Lipinski definition) is 5. The van der Waals surface area contributed by atoms with Gasteiger partial charge in [-0.2, -0.15) is 0 Å². The number of nitrogens with one attached hydrogen (secondary N) is 1. The molecule has 1 saturated carbocycles. The third-order valence-corrected chi connectivity index (χ3v) is 3.90. The molecule has 1 heterocycles. The van der Waals surface area contributed by atoms with Crippen molar-refractivity contribution in [3.8, 4) is 0 Å². The van der Waals surface area contributed by atoms with Crippen LogP contribution in [0.15, 0.2) is 41.1 Å². The summed E-state index contributed by atoms with van der Waals surface area (Å²) in [7, 11) is 0. The van der Waals surface area contributed by atoms with E-state index in [1.165, 1.54) is 6.20 Å². The van der Waals surface area contributed by atoms with Crippen LogP contribution in [0.5, 0.6) is 0 Å². The maximum absolute atomic E-state index is 11.9. The highest BCUT2D eigenvalue weighted by Gasteiger charge is 2.51. The maximum atomic E-state index is 11.9. The smallest absolute Gasteiger partial charge is 0.330 e. The molecule has 0 radical (unpaired) electrons. The second-order valence-electron chi connectivity index (χ2n) is 5.03. The van der Waals surface area contributed by atoms with Crippen LogP contribution in [-0.4, -0.2) is 27.0 Å². The SMILES string of the molecule is O=C(O)C1(Nc2ccccc2)CCCC1c1cnno1. The molecule has 2 aromatic rings. The normalized spacial score (nSPS) is 25.5. The van der Waals surface area contributed by atoms with Crippen molar-refractivity contribution in [2.75, 3.05) is 5.32 Å². The van der Waals surface area contributed by atoms with Crippen LogP contribution in [0.1, 0.15) is 30.9 Å². The molecule has 1 aliphatic carbocycles. The van der Waals surface area contributed by atoms with Crippen LogP contribution in [0.25, 0.3) is 0 Å². The van der Waals surface area contributed by atoms with Crippen molar-refractivity contribution in [3.05, 3.63) is 42.3 Å². The number of benzene rings is 1. The zero-order valence-corrected chi connectivity index (χ0v) is 10.8. The zero-order valence-electron chi connectivity index (χ0n) is 10.8. The Morgan fingerprint density at radius 2 is 2.20 bits per heavy atom. The van der Waals surface area contributed by atoms with E-state index < -0.39 is 11.5 Å². The Labute approximate surface area is 115 Å². The van der Waals surface area contributed by atoms with Crippen LogP contribution < -0.4 is 5.32 Å². The van der Waals surface area contributed by atoms with Gasteiger partial charge in [-0.05, 0) is 31.4 Å². The molecular formula is C14H15N3O3. The van der Waals surface area contributed by atoms with Crippen LogP contribution in [0, 0.1) is 0 Å². The number of aromatic nitrogens is 2. The quantitative estimate of drug-likeness (QED) is 0.888. The summed E-state index contributed by atoms with van der Waals surface area (Å²) in [5, 5.41) is 20.0. The average molecular weight is 273 g/mol. The summed E-state index contributed by atoms with van der Waals surface area (Å²) in [5.74, 6) is -0.621. The maximum Gasteiger partial charge on any atom is 0.330 e. The minimum Gasteiger partial charge on any atom is -0.479 e. The second-order valence-corrected chi connectivity index (χ2v) is 5.03. The van der Waals surface area contributed by atoms with Gasteiger partial charge < -0.3 is 14.9 Å². The molecular weight excluding hydrogens is 258 g/mol. The minimum atomic E-state index is -1.07. The molecule has 0 amide bonds. The van der Waals surface area contributed by atoms with Crippen molar-refractivity contribution in [2.24, 2.45) is 0 Å². The predicted octanol–water partition coefficient (Wildman–Crippen LogP) is 2.27. The Hall–Kier alpha value is -2.37. The van der Waals surface area contributed by atoms with E-state index in [0.29, 0.717) is 12.2 Å². The third-order valence-electron chi connectivity index (χ3n) is 3.90. The number of nitrogens with zero attached hydrogens (tertiary/aromatic N) is 2. The van der Waals surface area contributed by atoms with Gasteiger partial charge in [0, 0.05) is 11.0 Å². The van der Waals surface area contributed by atoms with E-state index in [2.05, 4.69) is 15.7 Å². The lowest BCUT2D eigenvalue weighted by molar-refractivity contribution is -0.142. The van der Waals surface area contributed by atoms with Crippen molar-refractivity contribution in [1.82, 2.24) is 10.4 Å². The van der Waals surface area contributed by atoms with Gasteiger partial charge >= 0.3 is 5.97 Å². The molecule has 6 heteroatoms. The van der Waals surface area contributed by atoms with E-state index in [4.69, 9.17) is 4.52 Å². The van der Waals surface area contributed by atoms with E-state index >= 15 is 0 Å². The predicted molar refractivity (Wildman–Crippen MR) is 71.3 cm³/mol. The van der Waals surface area contributed by atoms with E-state index in [1.54, 1.807) is 0 Å². The fraction of sp³-hybridized carbons (Fsp3) is 0.357. The van der Waals surface area contributed by atoms with Gasteiger partial charge in [-0.1, -0.05) is 18.2 Å². The number of anilines is 1. The summed E-state index contributed by atoms with van der Waals surface area (Å²) in [6.07, 6.45) is 3.60. The standard InChI is InChI=1S/C14H15N3O3/c18-13(19)14(16-10-5-2-1-3-6-10)8-4-7-11(14)12-9-15-17-20-12/h1-3,5-6,9,11,16H,4,7-8H2,(H,18,19). The summed E-state index contributed by atoms with van der Waals surface area (Å²) in [6, 6.07) is 9.36. The van der Waals surface area contributed by atoms with Crippen LogP contribution in [0.4, 0.5) is 5.69 Å². The highest BCUT2D eigenvalue weighted by atomic mass is 16.5. The first-order valence-electron chi connectivity index (χ1n) is 6.56. The first kappa shape index (κ1) is 12.7. The zero-order chi connectivity index (χ0) is 14.0. The Kier molecular flexibility index (Phi) is 3.14. The third kappa shape index (κ3) is 2.03. The van der Waals surface area contributed by atoms with Crippen LogP contribution in [0.3, 0.4) is 0 Å². The summed E-state index contributed by atoms with van der Waals surface area (Å²) < 4.78 is 5.10. The molecule has 1 aliphatic rings. The largest absolute Gasteiger partial charge is 0.479 e. The first-order chi connectivity index (χ1) is 9.72. The monoisotopic (exact) mass is 273 g/mol. The molecule has 2 atom stereocenters. The van der Waals surface area contributed by atoms with Crippen molar-refractivity contribution < 1.29 is 14.4 Å². The molecule has 0 spiro atoms.